The van der Waals surface area contributed by atoms with Crippen LogP contribution in [0, 0.1) is 18.3 Å². The Balaban J connectivity index is 1.70. The topological polar surface area (TPSA) is 92.1 Å². The lowest BCUT2D eigenvalue weighted by Gasteiger charge is -2.35. The average Bonchev–Trinajstić information content (AvgIpc) is 3.47. The summed E-state index contributed by atoms with van der Waals surface area (Å²) in [5.41, 5.74) is 0.540. The van der Waals surface area contributed by atoms with Crippen molar-refractivity contribution in [1.82, 2.24) is 25.0 Å². The number of aromatic amines is 1. The van der Waals surface area contributed by atoms with E-state index >= 15 is 0 Å². The summed E-state index contributed by atoms with van der Waals surface area (Å²) in [5.74, 6) is 4.37. The number of nitrogens with one attached hydrogen (secondary N) is 1. The highest BCUT2D eigenvalue weighted by Crippen LogP contribution is 2.45. The third kappa shape index (κ3) is 2.98. The van der Waals surface area contributed by atoms with Gasteiger partial charge in [-0.05, 0) is 37.8 Å². The van der Waals surface area contributed by atoms with E-state index in [0.717, 1.165) is 29.7 Å². The molecular weight excluding hydrogens is 368 g/mol. The number of hydrogen-bond donors (Lipinski definition) is 2. The van der Waals surface area contributed by atoms with Crippen LogP contribution < -0.4 is 4.90 Å². The van der Waals surface area contributed by atoms with Gasteiger partial charge in [-0.2, -0.15) is 14.9 Å². The highest BCUT2D eigenvalue weighted by molar-refractivity contribution is 5.83. The van der Waals surface area contributed by atoms with Crippen LogP contribution in [-0.2, 0) is 10.3 Å². The second kappa shape index (κ2) is 6.87. The van der Waals surface area contributed by atoms with Crippen molar-refractivity contribution < 1.29 is 9.84 Å². The Labute approximate surface area is 168 Å². The van der Waals surface area contributed by atoms with E-state index in [1.807, 2.05) is 12.1 Å². The normalized spacial score (nSPS) is 27.4. The van der Waals surface area contributed by atoms with Crippen LogP contribution in [0.25, 0.3) is 16.9 Å². The fourth-order valence-corrected chi connectivity index (χ4v) is 4.54. The number of H-pyrrole nitrogens is 1. The molecule has 3 aromatic heterocycles. The third-order valence-electron chi connectivity index (χ3n) is 6.12. The lowest BCUT2D eigenvalue weighted by Crippen LogP contribution is -2.44. The fourth-order valence-electron chi connectivity index (χ4n) is 4.54. The van der Waals surface area contributed by atoms with Gasteiger partial charge in [0.2, 0.25) is 0 Å². The van der Waals surface area contributed by atoms with E-state index in [-0.39, 0.29) is 12.0 Å². The average molecular weight is 392 g/mol. The van der Waals surface area contributed by atoms with Gasteiger partial charge in [0.25, 0.3) is 0 Å². The van der Waals surface area contributed by atoms with Gasteiger partial charge in [-0.1, -0.05) is 0 Å². The monoisotopic (exact) mass is 392 g/mol. The van der Waals surface area contributed by atoms with Crippen LogP contribution in [0.2, 0.25) is 0 Å². The first-order valence-corrected chi connectivity index (χ1v) is 10.0. The summed E-state index contributed by atoms with van der Waals surface area (Å²) >= 11 is 0. The Kier molecular flexibility index (Phi) is 4.30. The molecule has 3 unspecified atom stereocenters. The Morgan fingerprint density at radius 1 is 1.41 bits per heavy atom. The van der Waals surface area contributed by atoms with E-state index in [1.165, 1.54) is 0 Å². The maximum atomic E-state index is 11.6. The Morgan fingerprint density at radius 2 is 2.31 bits per heavy atom. The number of hydrogen-bond acceptors (Lipinski definition) is 6. The molecule has 1 aliphatic heterocycles. The van der Waals surface area contributed by atoms with Gasteiger partial charge in [0.05, 0.1) is 31.1 Å². The second-order valence-corrected chi connectivity index (χ2v) is 8.01. The first kappa shape index (κ1) is 18.2. The number of morpholine rings is 1. The molecule has 0 amide bonds. The van der Waals surface area contributed by atoms with Crippen molar-refractivity contribution in [1.29, 1.82) is 0 Å². The molecular formula is C21H24N6O2. The highest BCUT2D eigenvalue weighted by atomic mass is 16.5. The molecule has 150 valence electrons. The van der Waals surface area contributed by atoms with E-state index in [2.05, 4.69) is 33.0 Å². The van der Waals surface area contributed by atoms with Gasteiger partial charge in [0, 0.05) is 30.1 Å². The van der Waals surface area contributed by atoms with Crippen molar-refractivity contribution in [3.63, 3.8) is 0 Å². The van der Waals surface area contributed by atoms with Crippen molar-refractivity contribution in [3.8, 4) is 18.2 Å². The number of aliphatic hydroxyl groups is 1. The number of terminal acetylenes is 1. The van der Waals surface area contributed by atoms with Gasteiger partial charge < -0.3 is 14.7 Å². The molecule has 0 bridgehead atoms. The van der Waals surface area contributed by atoms with Gasteiger partial charge >= 0.3 is 0 Å². The molecule has 1 aliphatic carbocycles. The summed E-state index contributed by atoms with van der Waals surface area (Å²) in [5, 5.41) is 24.0. The van der Waals surface area contributed by atoms with E-state index < -0.39 is 5.60 Å². The van der Waals surface area contributed by atoms with Gasteiger partial charge in [0.1, 0.15) is 5.82 Å². The summed E-state index contributed by atoms with van der Waals surface area (Å²) in [7, 11) is 0. The minimum atomic E-state index is -0.984. The van der Waals surface area contributed by atoms with Crippen LogP contribution in [0.5, 0.6) is 0 Å². The molecule has 29 heavy (non-hydrogen) atoms. The Hall–Kier alpha value is -2.89. The zero-order valence-corrected chi connectivity index (χ0v) is 16.4. The van der Waals surface area contributed by atoms with E-state index in [9.17, 15) is 5.11 Å². The van der Waals surface area contributed by atoms with Crippen LogP contribution >= 0.6 is 0 Å². The van der Waals surface area contributed by atoms with Gasteiger partial charge in [0.15, 0.2) is 11.5 Å². The minimum Gasteiger partial charge on any atom is -0.385 e. The van der Waals surface area contributed by atoms with Crippen LogP contribution in [-0.4, -0.2) is 55.9 Å². The maximum absolute atomic E-state index is 11.6. The summed E-state index contributed by atoms with van der Waals surface area (Å²) in [4.78, 5) is 7.16. The lowest BCUT2D eigenvalue weighted by molar-refractivity contribution is 0.0436. The Morgan fingerprint density at radius 3 is 3.03 bits per heavy atom. The molecule has 0 radical (unpaired) electrons. The number of nitrogens with zero attached hydrogens (tertiary/aromatic N) is 5. The zero-order chi connectivity index (χ0) is 20.0. The van der Waals surface area contributed by atoms with E-state index in [1.54, 1.807) is 17.1 Å². The standard InChI is InChI=1S/C21H24N6O2/c1-3-15-4-6-21(28,11-15)17-10-19(26-8-9-29-13-14(26)2)24-20-16(17)12-23-27(20)18-5-7-22-25-18/h1,5,7,10,12,14-15,28H,4,6,8-9,11,13H2,2H3,(H,22,25). The molecule has 3 atom stereocenters. The van der Waals surface area contributed by atoms with Crippen molar-refractivity contribution in [2.75, 3.05) is 24.7 Å². The van der Waals surface area contributed by atoms with Crippen LogP contribution in [0.4, 0.5) is 5.82 Å². The molecule has 2 N–H and O–H groups in total. The minimum absolute atomic E-state index is 0.0790. The molecule has 8 nitrogen and oxygen atoms in total. The van der Waals surface area contributed by atoms with Crippen molar-refractivity contribution in [2.45, 2.75) is 37.8 Å². The number of pyridine rings is 1. The summed E-state index contributed by atoms with van der Waals surface area (Å²) in [6.07, 6.45) is 11.2. The molecule has 0 aromatic carbocycles. The van der Waals surface area contributed by atoms with Crippen molar-refractivity contribution in [2.24, 2.45) is 5.92 Å². The van der Waals surface area contributed by atoms with Crippen LogP contribution in [0.1, 0.15) is 31.7 Å². The number of ether oxygens (including phenoxy) is 1. The molecule has 1 saturated carbocycles. The predicted octanol–water partition coefficient (Wildman–Crippen LogP) is 1.99. The predicted molar refractivity (Wildman–Crippen MR) is 109 cm³/mol. The number of fused-ring (bicyclic) bond motifs is 1. The Bertz CT molecular complexity index is 1070. The first-order chi connectivity index (χ1) is 14.1. The van der Waals surface area contributed by atoms with Gasteiger partial charge in [-0.15, -0.1) is 12.3 Å². The molecule has 3 aromatic rings. The highest BCUT2D eigenvalue weighted by Gasteiger charge is 2.40. The third-order valence-corrected chi connectivity index (χ3v) is 6.12. The van der Waals surface area contributed by atoms with E-state index in [0.29, 0.717) is 37.5 Å². The van der Waals surface area contributed by atoms with E-state index in [4.69, 9.17) is 16.1 Å². The summed E-state index contributed by atoms with van der Waals surface area (Å²) in [6, 6.07) is 4.05. The fraction of sp³-hybridized carbons (Fsp3) is 0.476. The van der Waals surface area contributed by atoms with Crippen LogP contribution in [0.15, 0.2) is 24.5 Å². The smallest absolute Gasteiger partial charge is 0.177 e. The molecule has 2 fully saturated rings. The molecule has 5 rings (SSSR count). The second-order valence-electron chi connectivity index (χ2n) is 8.01. The molecule has 8 heteroatoms. The quantitative estimate of drug-likeness (QED) is 0.663. The lowest BCUT2D eigenvalue weighted by atomic mass is 9.89. The van der Waals surface area contributed by atoms with Crippen LogP contribution in [0.3, 0.4) is 0 Å². The number of anilines is 1. The maximum Gasteiger partial charge on any atom is 0.177 e. The van der Waals surface area contributed by atoms with Gasteiger partial charge in [-0.25, -0.2) is 4.98 Å². The van der Waals surface area contributed by atoms with Crippen molar-refractivity contribution in [3.05, 3.63) is 30.1 Å². The summed E-state index contributed by atoms with van der Waals surface area (Å²) < 4.78 is 7.30. The first-order valence-electron chi connectivity index (χ1n) is 10.0. The zero-order valence-electron chi connectivity index (χ0n) is 16.4. The summed E-state index contributed by atoms with van der Waals surface area (Å²) in [6.45, 7) is 4.17. The SMILES string of the molecule is C#CC1CCC(O)(c2cc(N3CCOCC3C)nc3c2cnn3-c2cc[nH]n2)C1. The van der Waals surface area contributed by atoms with Gasteiger partial charge in [-0.3, -0.25) is 5.10 Å². The molecule has 1 saturated heterocycles. The largest absolute Gasteiger partial charge is 0.385 e. The molecule has 2 aliphatic rings. The number of aromatic nitrogens is 5. The number of rotatable bonds is 3. The molecule has 4 heterocycles. The van der Waals surface area contributed by atoms with Crippen molar-refractivity contribution >= 4 is 16.9 Å². The molecule has 0 spiro atoms.